The summed E-state index contributed by atoms with van der Waals surface area (Å²) in [6.07, 6.45) is 8.82. The maximum absolute atomic E-state index is 13.3. The Morgan fingerprint density at radius 3 is 2.66 bits per heavy atom. The Hall–Kier alpha value is -0.890. The highest BCUT2D eigenvalue weighted by Crippen LogP contribution is 2.49. The Bertz CT molecular complexity index is 1050. The lowest BCUT2D eigenvalue weighted by Gasteiger charge is -2.30. The fraction of sp³-hybridized carbons (Fsp3) is 0.417. The molecule has 1 saturated heterocycles. The summed E-state index contributed by atoms with van der Waals surface area (Å²) in [7, 11) is 0. The Labute approximate surface area is 214 Å². The van der Waals surface area contributed by atoms with E-state index in [0.29, 0.717) is 18.5 Å². The number of fused-ring (bicyclic) bond motifs is 2. The predicted molar refractivity (Wildman–Crippen MR) is 144 cm³/mol. The van der Waals surface area contributed by atoms with Crippen molar-refractivity contribution in [3.63, 3.8) is 0 Å². The van der Waals surface area contributed by atoms with Gasteiger partial charge in [0.2, 0.25) is 0 Å². The average Bonchev–Trinajstić information content (AvgIpc) is 3.52. The summed E-state index contributed by atoms with van der Waals surface area (Å²) in [5, 5.41) is 0.730. The summed E-state index contributed by atoms with van der Waals surface area (Å²) in [6.45, 7) is 0.651. The monoisotopic (exact) mass is 524 g/mol. The minimum atomic E-state index is 0. The second-order valence-corrected chi connectivity index (χ2v) is 11.9. The van der Waals surface area contributed by atoms with E-state index in [1.54, 1.807) is 11.3 Å². The molecule has 2 aliphatic carbocycles. The summed E-state index contributed by atoms with van der Waals surface area (Å²) in [4.78, 5) is 18.3. The maximum atomic E-state index is 13.3. The maximum Gasteiger partial charge on any atom is 0.266 e. The van der Waals surface area contributed by atoms with Crippen LogP contribution in [0.4, 0.5) is 0 Å². The first-order valence-electron chi connectivity index (χ1n) is 10.9. The number of carbonyl (C=O) groups is 1. The van der Waals surface area contributed by atoms with Crippen LogP contribution in [0.3, 0.4) is 0 Å². The summed E-state index contributed by atoms with van der Waals surface area (Å²) < 4.78 is 0.729. The van der Waals surface area contributed by atoms with Gasteiger partial charge in [0.1, 0.15) is 4.32 Å². The lowest BCUT2D eigenvalue weighted by molar-refractivity contribution is -0.124. The molecule has 3 nitrogen and oxygen atoms in total. The van der Waals surface area contributed by atoms with Gasteiger partial charge < -0.3 is 5.73 Å². The molecule has 1 aliphatic heterocycles. The molecule has 2 N–H and O–H groups in total. The molecule has 3 atom stereocenters. The Kier molecular flexibility index (Phi) is 7.70. The van der Waals surface area contributed by atoms with Crippen molar-refractivity contribution in [3.8, 4) is 10.4 Å². The topological polar surface area (TPSA) is 46.3 Å². The molecule has 170 valence electrons. The summed E-state index contributed by atoms with van der Waals surface area (Å²) >= 11 is 14.9. The van der Waals surface area contributed by atoms with E-state index < -0.39 is 0 Å². The van der Waals surface area contributed by atoms with Crippen LogP contribution in [0.5, 0.6) is 0 Å². The number of nitrogens with two attached hydrogens (primary N) is 1. The second-order valence-electron chi connectivity index (χ2n) is 8.69. The predicted octanol–water partition coefficient (Wildman–Crippen LogP) is 6.77. The van der Waals surface area contributed by atoms with Gasteiger partial charge in [-0.3, -0.25) is 9.69 Å². The van der Waals surface area contributed by atoms with Gasteiger partial charge in [0.15, 0.2) is 0 Å². The molecule has 1 aromatic heterocycles. The SMILES string of the molecule is Cl.NCCCc1cc(-c2ccc(Cl)cc2)sc1/C=C1\SC(=S)N(C2CC3CCC2C3)C1=O. The number of aryl methyl sites for hydroxylation is 1. The molecular weight excluding hydrogens is 499 g/mol. The molecule has 3 aliphatic rings. The first kappa shape index (κ1) is 24.2. The van der Waals surface area contributed by atoms with Crippen molar-refractivity contribution in [2.24, 2.45) is 17.6 Å². The van der Waals surface area contributed by atoms with Gasteiger partial charge in [0.25, 0.3) is 5.91 Å². The molecule has 3 fully saturated rings. The quantitative estimate of drug-likeness (QED) is 0.334. The molecule has 2 bridgehead atoms. The number of halogens is 2. The number of rotatable bonds is 6. The number of carbonyl (C=O) groups excluding carboxylic acids is 1. The normalized spacial score (nSPS) is 25.8. The van der Waals surface area contributed by atoms with E-state index in [2.05, 4.69) is 12.1 Å². The van der Waals surface area contributed by atoms with Crippen LogP contribution in [0.15, 0.2) is 35.2 Å². The van der Waals surface area contributed by atoms with Gasteiger partial charge in [0.05, 0.1) is 4.91 Å². The van der Waals surface area contributed by atoms with Gasteiger partial charge in [-0.2, -0.15) is 0 Å². The van der Waals surface area contributed by atoms with Gasteiger partial charge in [-0.05, 0) is 85.9 Å². The summed E-state index contributed by atoms with van der Waals surface area (Å²) in [5.41, 5.74) is 8.15. The minimum Gasteiger partial charge on any atom is -0.330 e. The van der Waals surface area contributed by atoms with E-state index in [0.717, 1.165) is 49.9 Å². The summed E-state index contributed by atoms with van der Waals surface area (Å²) in [6, 6.07) is 10.4. The number of thiocarbonyl (C=S) groups is 1. The van der Waals surface area contributed by atoms with E-state index in [4.69, 9.17) is 29.6 Å². The number of hydrogen-bond donors (Lipinski definition) is 1. The van der Waals surface area contributed by atoms with Crippen LogP contribution in [0.2, 0.25) is 5.02 Å². The molecule has 1 aromatic carbocycles. The van der Waals surface area contributed by atoms with Crippen LogP contribution in [0, 0.1) is 11.8 Å². The van der Waals surface area contributed by atoms with Gasteiger partial charge >= 0.3 is 0 Å². The summed E-state index contributed by atoms with van der Waals surface area (Å²) in [5.74, 6) is 1.51. The molecular formula is C24H26Cl2N2OS3. The third-order valence-electron chi connectivity index (χ3n) is 6.74. The highest BCUT2D eigenvalue weighted by atomic mass is 35.5. The Morgan fingerprint density at radius 2 is 2.00 bits per heavy atom. The third-order valence-corrected chi connectivity index (χ3v) is 9.49. The third kappa shape index (κ3) is 4.68. The van der Waals surface area contributed by atoms with Crippen molar-refractivity contribution in [1.29, 1.82) is 0 Å². The fourth-order valence-electron chi connectivity index (χ4n) is 5.22. The van der Waals surface area contributed by atoms with E-state index in [1.165, 1.54) is 41.5 Å². The van der Waals surface area contributed by atoms with E-state index in [9.17, 15) is 4.79 Å². The first-order chi connectivity index (χ1) is 15.0. The van der Waals surface area contributed by atoms with E-state index in [1.807, 2.05) is 29.2 Å². The van der Waals surface area contributed by atoms with Crippen LogP contribution in [0.1, 0.15) is 42.5 Å². The molecule has 0 spiro atoms. The highest BCUT2D eigenvalue weighted by Gasteiger charge is 2.47. The van der Waals surface area contributed by atoms with Crippen molar-refractivity contribution in [2.75, 3.05) is 6.54 Å². The number of amides is 1. The lowest BCUT2D eigenvalue weighted by Crippen LogP contribution is -2.41. The Morgan fingerprint density at radius 1 is 1.22 bits per heavy atom. The highest BCUT2D eigenvalue weighted by molar-refractivity contribution is 8.26. The van der Waals surface area contributed by atoms with Crippen LogP contribution in [-0.4, -0.2) is 27.7 Å². The molecule has 2 aromatic rings. The zero-order chi connectivity index (χ0) is 21.5. The molecule has 2 heterocycles. The number of benzene rings is 1. The molecule has 3 unspecified atom stereocenters. The van der Waals surface area contributed by atoms with Gasteiger partial charge in [-0.25, -0.2) is 0 Å². The molecule has 1 amide bonds. The zero-order valence-corrected chi connectivity index (χ0v) is 21.6. The molecule has 2 saturated carbocycles. The van der Waals surface area contributed by atoms with E-state index >= 15 is 0 Å². The number of hydrogen-bond acceptors (Lipinski definition) is 5. The number of thioether (sulfide) groups is 1. The Balaban J connectivity index is 0.00000245. The van der Waals surface area contributed by atoms with Crippen molar-refractivity contribution >= 4 is 75.6 Å². The molecule has 5 rings (SSSR count). The molecule has 0 radical (unpaired) electrons. The zero-order valence-electron chi connectivity index (χ0n) is 17.6. The molecule has 8 heteroatoms. The van der Waals surface area contributed by atoms with Gasteiger partial charge in [-0.15, -0.1) is 23.7 Å². The van der Waals surface area contributed by atoms with Crippen LogP contribution in [0.25, 0.3) is 16.5 Å². The van der Waals surface area contributed by atoms with Crippen molar-refractivity contribution in [2.45, 2.75) is 44.6 Å². The number of nitrogens with zero attached hydrogens (tertiary/aromatic N) is 1. The van der Waals surface area contributed by atoms with Crippen molar-refractivity contribution < 1.29 is 4.79 Å². The van der Waals surface area contributed by atoms with Crippen LogP contribution < -0.4 is 5.73 Å². The van der Waals surface area contributed by atoms with Crippen molar-refractivity contribution in [1.82, 2.24) is 4.90 Å². The van der Waals surface area contributed by atoms with E-state index in [-0.39, 0.29) is 18.3 Å². The number of thiophene rings is 1. The first-order valence-corrected chi connectivity index (χ1v) is 13.3. The van der Waals surface area contributed by atoms with Crippen LogP contribution >= 0.6 is 59.3 Å². The fourth-order valence-corrected chi connectivity index (χ4v) is 7.94. The lowest BCUT2D eigenvalue weighted by atomic mass is 9.94. The standard InChI is InChI=1S/C24H25ClN2OS3.ClH/c25-18-7-5-15(6-8-18)20-12-17(2-1-9-26)21(30-20)13-22-23(28)27(24(29)31-22)19-11-14-3-4-16(19)10-14;/h5-8,12-14,16,19H,1-4,9-11,26H2;1H/b22-13-;. The average molecular weight is 526 g/mol. The molecule has 32 heavy (non-hydrogen) atoms. The minimum absolute atomic E-state index is 0. The van der Waals surface area contributed by atoms with Crippen LogP contribution in [-0.2, 0) is 11.2 Å². The van der Waals surface area contributed by atoms with Crippen molar-refractivity contribution in [3.05, 3.63) is 50.7 Å². The smallest absolute Gasteiger partial charge is 0.266 e. The second kappa shape index (κ2) is 10.2. The largest absolute Gasteiger partial charge is 0.330 e. The van der Waals surface area contributed by atoms with Gasteiger partial charge in [0, 0.05) is 20.8 Å². The van der Waals surface area contributed by atoms with Gasteiger partial charge in [-0.1, -0.05) is 54.1 Å².